The maximum Gasteiger partial charge on any atom is 0.0233 e. The van der Waals surface area contributed by atoms with Gasteiger partial charge in [0.1, 0.15) is 0 Å². The Balaban J connectivity index is 1.56. The van der Waals surface area contributed by atoms with E-state index in [-0.39, 0.29) is 0 Å². The molecule has 0 spiro atoms. The molecule has 0 radical (unpaired) electrons. The molecule has 0 N–H and O–H groups in total. The van der Waals surface area contributed by atoms with Crippen LogP contribution >= 0.6 is 0 Å². The van der Waals surface area contributed by atoms with E-state index in [1.54, 1.807) is 0 Å². The first kappa shape index (κ1) is 18.2. The van der Waals surface area contributed by atoms with E-state index in [0.29, 0.717) is 0 Å². The summed E-state index contributed by atoms with van der Waals surface area (Å²) in [6, 6.07) is 20.0. The molecule has 3 rings (SSSR count). The van der Waals surface area contributed by atoms with Crippen molar-refractivity contribution in [3.05, 3.63) is 71.3 Å². The fourth-order valence-corrected chi connectivity index (χ4v) is 4.19. The summed E-state index contributed by atoms with van der Waals surface area (Å²) in [4.78, 5) is 2.72. The summed E-state index contributed by atoms with van der Waals surface area (Å²) in [7, 11) is 0. The van der Waals surface area contributed by atoms with E-state index in [4.69, 9.17) is 0 Å². The van der Waals surface area contributed by atoms with Gasteiger partial charge in [-0.2, -0.15) is 0 Å². The van der Waals surface area contributed by atoms with E-state index in [2.05, 4.69) is 66.4 Å². The second-order valence-electron chi connectivity index (χ2n) is 7.82. The first-order valence-electron chi connectivity index (χ1n) is 10.1. The zero-order valence-electron chi connectivity index (χ0n) is 15.8. The average molecular weight is 336 g/mol. The summed E-state index contributed by atoms with van der Waals surface area (Å²) >= 11 is 0. The molecular formula is C24H33N. The summed E-state index contributed by atoms with van der Waals surface area (Å²) in [5.41, 5.74) is 4.31. The normalized spacial score (nSPS) is 15.6. The lowest BCUT2D eigenvalue weighted by molar-refractivity contribution is 0.192. The molecule has 1 aliphatic carbocycles. The van der Waals surface area contributed by atoms with Gasteiger partial charge < -0.3 is 0 Å². The third kappa shape index (κ3) is 6.32. The van der Waals surface area contributed by atoms with Crippen molar-refractivity contribution >= 4 is 0 Å². The molecule has 1 fully saturated rings. The Morgan fingerprint density at radius 1 is 0.880 bits per heavy atom. The summed E-state index contributed by atoms with van der Waals surface area (Å²) in [5.74, 6) is 0.912. The van der Waals surface area contributed by atoms with Gasteiger partial charge in [-0.3, -0.25) is 4.90 Å². The molecule has 0 unspecified atom stereocenters. The van der Waals surface area contributed by atoms with Gasteiger partial charge in [-0.25, -0.2) is 0 Å². The lowest BCUT2D eigenvalue weighted by Gasteiger charge is -2.30. The number of rotatable bonds is 8. The van der Waals surface area contributed by atoms with E-state index < -0.39 is 0 Å². The molecule has 0 heterocycles. The largest absolute Gasteiger partial charge is 0.299 e. The Bertz CT molecular complexity index is 613. The molecule has 1 heteroatoms. The maximum absolute atomic E-state index is 2.72. The minimum atomic E-state index is 0.912. The molecule has 0 aliphatic heterocycles. The second kappa shape index (κ2) is 9.77. The van der Waals surface area contributed by atoms with Crippen LogP contribution < -0.4 is 0 Å². The molecule has 2 aromatic rings. The topological polar surface area (TPSA) is 3.24 Å². The fourth-order valence-electron chi connectivity index (χ4n) is 4.19. The molecule has 134 valence electrons. The Morgan fingerprint density at radius 3 is 2.40 bits per heavy atom. The van der Waals surface area contributed by atoms with Gasteiger partial charge in [0, 0.05) is 13.1 Å². The smallest absolute Gasteiger partial charge is 0.0233 e. The molecule has 0 bridgehead atoms. The highest BCUT2D eigenvalue weighted by Gasteiger charge is 2.17. The lowest BCUT2D eigenvalue weighted by atomic mass is 9.89. The summed E-state index contributed by atoms with van der Waals surface area (Å²) < 4.78 is 0. The van der Waals surface area contributed by atoms with E-state index in [0.717, 1.165) is 12.5 Å². The zero-order valence-corrected chi connectivity index (χ0v) is 15.8. The van der Waals surface area contributed by atoms with Crippen molar-refractivity contribution in [1.29, 1.82) is 0 Å². The van der Waals surface area contributed by atoms with Crippen molar-refractivity contribution in [2.24, 2.45) is 5.92 Å². The van der Waals surface area contributed by atoms with E-state index in [1.807, 2.05) is 0 Å². The number of benzene rings is 2. The molecule has 1 nitrogen and oxygen atoms in total. The highest BCUT2D eigenvalue weighted by molar-refractivity contribution is 5.22. The standard InChI is InChI=1S/C24H33N/c1-21-10-8-15-24(18-21)20-25(19-23-13-6-3-7-14-23)17-9-16-22-11-4-2-5-12-22/h2,4-5,8,10-12,15,18,23H,3,6-7,9,13-14,16-17,19-20H2,1H3. The molecular weight excluding hydrogens is 302 g/mol. The fraction of sp³-hybridized carbons (Fsp3) is 0.500. The summed E-state index contributed by atoms with van der Waals surface area (Å²) in [5, 5.41) is 0. The Hall–Kier alpha value is -1.60. The van der Waals surface area contributed by atoms with Crippen LogP contribution in [0.1, 0.15) is 55.2 Å². The molecule has 0 saturated heterocycles. The van der Waals surface area contributed by atoms with Gasteiger partial charge >= 0.3 is 0 Å². The quantitative estimate of drug-likeness (QED) is 0.571. The minimum absolute atomic E-state index is 0.912. The lowest BCUT2D eigenvalue weighted by Crippen LogP contribution is -2.31. The van der Waals surface area contributed by atoms with Gasteiger partial charge in [0.05, 0.1) is 0 Å². The van der Waals surface area contributed by atoms with Crippen LogP contribution in [-0.2, 0) is 13.0 Å². The highest BCUT2D eigenvalue weighted by Crippen LogP contribution is 2.25. The van der Waals surface area contributed by atoms with Crippen LogP contribution in [0.4, 0.5) is 0 Å². The van der Waals surface area contributed by atoms with Crippen LogP contribution in [0.5, 0.6) is 0 Å². The van der Waals surface area contributed by atoms with E-state index in [9.17, 15) is 0 Å². The van der Waals surface area contributed by atoms with Crippen molar-refractivity contribution in [3.8, 4) is 0 Å². The van der Waals surface area contributed by atoms with Gasteiger partial charge in [0.25, 0.3) is 0 Å². The first-order chi connectivity index (χ1) is 12.3. The van der Waals surface area contributed by atoms with Gasteiger partial charge in [-0.15, -0.1) is 0 Å². The maximum atomic E-state index is 2.72. The summed E-state index contributed by atoms with van der Waals surface area (Å²) in [6.07, 6.45) is 9.63. The first-order valence-corrected chi connectivity index (χ1v) is 10.1. The monoisotopic (exact) mass is 335 g/mol. The highest BCUT2D eigenvalue weighted by atomic mass is 15.1. The van der Waals surface area contributed by atoms with Gasteiger partial charge in [-0.1, -0.05) is 79.4 Å². The Kier molecular flexibility index (Phi) is 7.11. The van der Waals surface area contributed by atoms with Crippen molar-refractivity contribution < 1.29 is 0 Å². The van der Waals surface area contributed by atoms with Crippen LogP contribution in [0.15, 0.2) is 54.6 Å². The number of hydrogen-bond acceptors (Lipinski definition) is 1. The molecule has 1 saturated carbocycles. The molecule has 0 amide bonds. The minimum Gasteiger partial charge on any atom is -0.299 e. The van der Waals surface area contributed by atoms with Crippen molar-refractivity contribution in [2.75, 3.05) is 13.1 Å². The predicted octanol–water partition coefficient (Wildman–Crippen LogP) is 6.01. The van der Waals surface area contributed by atoms with E-state index >= 15 is 0 Å². The van der Waals surface area contributed by atoms with Crippen molar-refractivity contribution in [2.45, 2.75) is 58.4 Å². The number of aryl methyl sites for hydroxylation is 2. The third-order valence-electron chi connectivity index (χ3n) is 5.51. The molecule has 0 atom stereocenters. The third-order valence-corrected chi connectivity index (χ3v) is 5.51. The molecule has 2 aromatic carbocycles. The van der Waals surface area contributed by atoms with Crippen molar-refractivity contribution in [1.82, 2.24) is 4.90 Å². The molecule has 1 aliphatic rings. The average Bonchev–Trinajstić information content (AvgIpc) is 2.63. The van der Waals surface area contributed by atoms with Crippen LogP contribution in [0.25, 0.3) is 0 Å². The Morgan fingerprint density at radius 2 is 1.64 bits per heavy atom. The number of hydrogen-bond donors (Lipinski definition) is 0. The SMILES string of the molecule is Cc1cccc(CN(CCCc2ccccc2)CC2CCCCC2)c1. The predicted molar refractivity (Wildman–Crippen MR) is 108 cm³/mol. The van der Waals surface area contributed by atoms with Gasteiger partial charge in [0.2, 0.25) is 0 Å². The van der Waals surface area contributed by atoms with Crippen LogP contribution in [0.2, 0.25) is 0 Å². The molecule has 0 aromatic heterocycles. The van der Waals surface area contributed by atoms with Crippen LogP contribution in [-0.4, -0.2) is 18.0 Å². The summed E-state index contributed by atoms with van der Waals surface area (Å²) in [6.45, 7) is 5.79. The van der Waals surface area contributed by atoms with Gasteiger partial charge in [-0.05, 0) is 56.2 Å². The zero-order chi connectivity index (χ0) is 17.3. The molecule has 25 heavy (non-hydrogen) atoms. The number of nitrogens with zero attached hydrogens (tertiary/aromatic N) is 1. The van der Waals surface area contributed by atoms with Gasteiger partial charge in [0.15, 0.2) is 0 Å². The van der Waals surface area contributed by atoms with E-state index in [1.165, 1.54) is 74.7 Å². The Labute approximate surface area is 154 Å². The van der Waals surface area contributed by atoms with Crippen LogP contribution in [0.3, 0.4) is 0 Å². The van der Waals surface area contributed by atoms with Crippen molar-refractivity contribution in [3.63, 3.8) is 0 Å². The second-order valence-corrected chi connectivity index (χ2v) is 7.82. The van der Waals surface area contributed by atoms with Crippen LogP contribution in [0, 0.1) is 12.8 Å².